The van der Waals surface area contributed by atoms with Crippen molar-refractivity contribution in [3.8, 4) is 0 Å². The average Bonchev–Trinajstić information content (AvgIpc) is 3.21. The number of furan rings is 1. The van der Waals surface area contributed by atoms with Gasteiger partial charge < -0.3 is 9.73 Å². The Morgan fingerprint density at radius 3 is 2.22 bits per heavy atom. The van der Waals surface area contributed by atoms with E-state index in [9.17, 15) is 4.79 Å². The van der Waals surface area contributed by atoms with Gasteiger partial charge in [0.05, 0.1) is 12.8 Å². The Kier molecular flexibility index (Phi) is 3.76. The highest BCUT2D eigenvalue weighted by Gasteiger charge is 2.55. The number of nitrogens with one attached hydrogen (secondary N) is 1. The largest absolute Gasteiger partial charge is 0.468 e. The summed E-state index contributed by atoms with van der Waals surface area (Å²) in [6.45, 7) is 0.929. The van der Waals surface area contributed by atoms with Crippen LogP contribution in [0.5, 0.6) is 0 Å². The minimum absolute atomic E-state index is 0.000892. The SMILES string of the molecule is O=C(NC1CC2CCC(C1)N2Cc1ccco1)C12CC3CC(CC(C3)C1)C2. The van der Waals surface area contributed by atoms with Gasteiger partial charge in [-0.3, -0.25) is 9.69 Å². The van der Waals surface area contributed by atoms with E-state index in [1.165, 1.54) is 51.4 Å². The van der Waals surface area contributed by atoms with Gasteiger partial charge in [0.1, 0.15) is 5.76 Å². The molecule has 1 aromatic heterocycles. The first-order valence-electron chi connectivity index (χ1n) is 11.3. The lowest BCUT2D eigenvalue weighted by Gasteiger charge is -2.56. The molecule has 6 aliphatic rings. The Balaban J connectivity index is 1.12. The van der Waals surface area contributed by atoms with Crippen LogP contribution in [0.1, 0.15) is 70.0 Å². The minimum Gasteiger partial charge on any atom is -0.468 e. The molecule has 1 amide bonds. The fraction of sp³-hybridized carbons (Fsp3) is 0.783. The molecule has 0 aromatic carbocycles. The summed E-state index contributed by atoms with van der Waals surface area (Å²) in [6, 6.07) is 5.66. The highest BCUT2D eigenvalue weighted by Crippen LogP contribution is 2.60. The van der Waals surface area contributed by atoms with Crippen molar-refractivity contribution in [2.75, 3.05) is 0 Å². The van der Waals surface area contributed by atoms with Crippen molar-refractivity contribution in [2.24, 2.45) is 23.2 Å². The molecule has 4 saturated carbocycles. The third-order valence-corrected chi connectivity index (χ3v) is 8.66. The van der Waals surface area contributed by atoms with Gasteiger partial charge in [-0.2, -0.15) is 0 Å². The molecule has 1 N–H and O–H groups in total. The van der Waals surface area contributed by atoms with Crippen LogP contribution >= 0.6 is 0 Å². The van der Waals surface area contributed by atoms with E-state index in [1.807, 2.05) is 6.07 Å². The summed E-state index contributed by atoms with van der Waals surface area (Å²) in [6.07, 6.45) is 14.3. The van der Waals surface area contributed by atoms with E-state index in [0.29, 0.717) is 24.0 Å². The Labute approximate surface area is 162 Å². The summed E-state index contributed by atoms with van der Waals surface area (Å²) in [5.41, 5.74) is -0.000892. The van der Waals surface area contributed by atoms with E-state index in [4.69, 9.17) is 4.42 Å². The molecule has 2 saturated heterocycles. The number of piperidine rings is 1. The molecule has 2 aliphatic heterocycles. The third kappa shape index (κ3) is 2.78. The van der Waals surface area contributed by atoms with E-state index in [-0.39, 0.29) is 5.41 Å². The van der Waals surface area contributed by atoms with Gasteiger partial charge >= 0.3 is 0 Å². The summed E-state index contributed by atoms with van der Waals surface area (Å²) in [5.74, 6) is 4.02. The molecule has 146 valence electrons. The molecule has 3 heterocycles. The monoisotopic (exact) mass is 368 g/mol. The molecule has 7 rings (SSSR count). The maximum Gasteiger partial charge on any atom is 0.226 e. The second-order valence-electron chi connectivity index (χ2n) is 10.5. The Hall–Kier alpha value is -1.29. The first-order chi connectivity index (χ1) is 13.2. The highest BCUT2D eigenvalue weighted by atomic mass is 16.3. The topological polar surface area (TPSA) is 45.5 Å². The van der Waals surface area contributed by atoms with Gasteiger partial charge in [0, 0.05) is 23.5 Å². The van der Waals surface area contributed by atoms with Crippen LogP contribution in [-0.2, 0) is 11.3 Å². The molecule has 4 heteroatoms. The minimum atomic E-state index is -0.000892. The van der Waals surface area contributed by atoms with E-state index < -0.39 is 0 Å². The Morgan fingerprint density at radius 2 is 1.67 bits per heavy atom. The van der Waals surface area contributed by atoms with Crippen LogP contribution < -0.4 is 5.32 Å². The first-order valence-corrected chi connectivity index (χ1v) is 11.3. The van der Waals surface area contributed by atoms with Crippen LogP contribution in [0.2, 0.25) is 0 Å². The molecular formula is C23H32N2O2. The van der Waals surface area contributed by atoms with Crippen molar-refractivity contribution in [1.29, 1.82) is 0 Å². The predicted molar refractivity (Wildman–Crippen MR) is 103 cm³/mol. The van der Waals surface area contributed by atoms with Gasteiger partial charge in [0.15, 0.2) is 0 Å². The standard InChI is InChI=1S/C23H32N2O2/c26-22(23-11-15-6-16(12-23)8-17(7-15)13-23)24-18-9-19-3-4-20(10-18)25(19)14-21-2-1-5-27-21/h1-2,5,15-20H,3-4,6-14H2,(H,24,26). The molecule has 4 nitrogen and oxygen atoms in total. The molecule has 0 spiro atoms. The number of carbonyl (C=O) groups is 1. The van der Waals surface area contributed by atoms with Gasteiger partial charge in [-0.05, 0) is 94.1 Å². The summed E-state index contributed by atoms with van der Waals surface area (Å²) in [4.78, 5) is 16.0. The van der Waals surface area contributed by atoms with Crippen LogP contribution in [0.3, 0.4) is 0 Å². The van der Waals surface area contributed by atoms with E-state index in [2.05, 4.69) is 16.3 Å². The second kappa shape index (κ2) is 6.10. The first kappa shape index (κ1) is 16.6. The fourth-order valence-corrected chi connectivity index (χ4v) is 7.96. The molecule has 0 radical (unpaired) electrons. The van der Waals surface area contributed by atoms with Crippen molar-refractivity contribution in [3.05, 3.63) is 24.2 Å². The molecule has 4 aliphatic carbocycles. The van der Waals surface area contributed by atoms with Gasteiger partial charge in [-0.15, -0.1) is 0 Å². The zero-order valence-electron chi connectivity index (χ0n) is 16.2. The van der Waals surface area contributed by atoms with Gasteiger partial charge in [-0.1, -0.05) is 0 Å². The summed E-state index contributed by atoms with van der Waals surface area (Å²) in [5, 5.41) is 3.57. The van der Waals surface area contributed by atoms with Crippen LogP contribution in [0, 0.1) is 23.2 Å². The van der Waals surface area contributed by atoms with Crippen molar-refractivity contribution < 1.29 is 9.21 Å². The number of rotatable bonds is 4. The Morgan fingerprint density at radius 1 is 1.04 bits per heavy atom. The van der Waals surface area contributed by atoms with Gasteiger partial charge in [0.2, 0.25) is 5.91 Å². The predicted octanol–water partition coefficient (Wildman–Crippen LogP) is 4.11. The van der Waals surface area contributed by atoms with Gasteiger partial charge in [0.25, 0.3) is 0 Å². The van der Waals surface area contributed by atoms with E-state index in [0.717, 1.165) is 42.9 Å². The van der Waals surface area contributed by atoms with Crippen molar-refractivity contribution in [1.82, 2.24) is 10.2 Å². The highest BCUT2D eigenvalue weighted by molar-refractivity contribution is 5.83. The normalized spacial score (nSPS) is 45.3. The maximum absolute atomic E-state index is 13.4. The third-order valence-electron chi connectivity index (χ3n) is 8.66. The lowest BCUT2D eigenvalue weighted by molar-refractivity contribution is -0.147. The van der Waals surface area contributed by atoms with Crippen LogP contribution in [0.4, 0.5) is 0 Å². The van der Waals surface area contributed by atoms with E-state index >= 15 is 0 Å². The zero-order valence-corrected chi connectivity index (χ0v) is 16.2. The molecule has 1 aromatic rings. The molecule has 27 heavy (non-hydrogen) atoms. The van der Waals surface area contributed by atoms with E-state index in [1.54, 1.807) is 6.26 Å². The number of amides is 1. The van der Waals surface area contributed by atoms with Crippen molar-refractivity contribution in [3.63, 3.8) is 0 Å². The summed E-state index contributed by atoms with van der Waals surface area (Å²) in [7, 11) is 0. The van der Waals surface area contributed by atoms with Crippen LogP contribution in [0.15, 0.2) is 22.8 Å². The zero-order chi connectivity index (χ0) is 18.0. The number of nitrogens with zero attached hydrogens (tertiary/aromatic N) is 1. The molecule has 2 unspecified atom stereocenters. The lowest BCUT2D eigenvalue weighted by Crippen LogP contribution is -2.57. The van der Waals surface area contributed by atoms with Gasteiger partial charge in [-0.25, -0.2) is 0 Å². The molecular weight excluding hydrogens is 336 g/mol. The fourth-order valence-electron chi connectivity index (χ4n) is 7.96. The summed E-state index contributed by atoms with van der Waals surface area (Å²) < 4.78 is 5.58. The number of carbonyl (C=O) groups excluding carboxylic acids is 1. The second-order valence-corrected chi connectivity index (χ2v) is 10.5. The quantitative estimate of drug-likeness (QED) is 0.870. The maximum atomic E-state index is 13.4. The average molecular weight is 369 g/mol. The van der Waals surface area contributed by atoms with Crippen molar-refractivity contribution >= 4 is 5.91 Å². The van der Waals surface area contributed by atoms with Crippen molar-refractivity contribution in [2.45, 2.75) is 88.9 Å². The molecule has 6 fully saturated rings. The molecule has 2 atom stereocenters. The number of hydrogen-bond donors (Lipinski definition) is 1. The lowest BCUT2D eigenvalue weighted by atomic mass is 9.49. The number of hydrogen-bond acceptors (Lipinski definition) is 3. The number of fused-ring (bicyclic) bond motifs is 2. The summed E-state index contributed by atoms with van der Waals surface area (Å²) >= 11 is 0. The van der Waals surface area contributed by atoms with Crippen LogP contribution in [0.25, 0.3) is 0 Å². The Bertz CT molecular complexity index is 663. The smallest absolute Gasteiger partial charge is 0.226 e. The van der Waals surface area contributed by atoms with Crippen LogP contribution in [-0.4, -0.2) is 28.9 Å². The molecule has 6 bridgehead atoms.